The molecule has 0 radical (unpaired) electrons. The summed E-state index contributed by atoms with van der Waals surface area (Å²) in [6.45, 7) is 0.183. The fourth-order valence-electron chi connectivity index (χ4n) is 1.66. The highest BCUT2D eigenvalue weighted by Gasteiger charge is 2.33. The van der Waals surface area contributed by atoms with Gasteiger partial charge in [0.2, 0.25) is 0 Å². The molecule has 4 nitrogen and oxygen atoms in total. The standard InChI is InChI=1S/C13H17ClNO3P/c1-4-19(14,17)15(2)12(13(16)18-3)10-11-8-6-5-7-9-11/h4-9,12H,1,10H2,2-3H3. The maximum Gasteiger partial charge on any atom is 0.323 e. The van der Waals surface area contributed by atoms with Crippen molar-refractivity contribution in [3.05, 3.63) is 48.3 Å². The number of rotatable bonds is 6. The molecule has 0 aromatic heterocycles. The summed E-state index contributed by atoms with van der Waals surface area (Å²) in [5, 5.41) is 0. The Morgan fingerprint density at radius 1 is 1.53 bits per heavy atom. The highest BCUT2D eigenvalue weighted by molar-refractivity contribution is 7.89. The Labute approximate surface area is 118 Å². The molecule has 0 N–H and O–H groups in total. The van der Waals surface area contributed by atoms with E-state index in [-0.39, 0.29) is 0 Å². The zero-order valence-electron chi connectivity index (χ0n) is 11.0. The minimum atomic E-state index is -3.26. The number of likely N-dealkylation sites (N-methyl/N-ethyl adjacent to an activating group) is 1. The van der Waals surface area contributed by atoms with E-state index in [0.717, 1.165) is 11.4 Å². The summed E-state index contributed by atoms with van der Waals surface area (Å²) in [5.74, 6) is 0.684. The lowest BCUT2D eigenvalue weighted by molar-refractivity contribution is -0.144. The molecule has 2 atom stereocenters. The average Bonchev–Trinajstić information content (AvgIpc) is 2.44. The maximum atomic E-state index is 12.1. The zero-order chi connectivity index (χ0) is 14.5. The largest absolute Gasteiger partial charge is 0.468 e. The van der Waals surface area contributed by atoms with Crippen molar-refractivity contribution in [3.63, 3.8) is 0 Å². The third kappa shape index (κ3) is 4.20. The van der Waals surface area contributed by atoms with E-state index in [1.54, 1.807) is 0 Å². The summed E-state index contributed by atoms with van der Waals surface area (Å²) in [6.07, 6.45) is 0.370. The number of methoxy groups -OCH3 is 1. The molecule has 19 heavy (non-hydrogen) atoms. The fraction of sp³-hybridized carbons (Fsp3) is 0.308. The van der Waals surface area contributed by atoms with Gasteiger partial charge in [-0.15, -0.1) is 0 Å². The van der Waals surface area contributed by atoms with Crippen molar-refractivity contribution >= 4 is 23.9 Å². The van der Waals surface area contributed by atoms with Crippen LogP contribution >= 0.6 is 17.9 Å². The highest BCUT2D eigenvalue weighted by atomic mass is 35.7. The quantitative estimate of drug-likeness (QED) is 0.597. The van der Waals surface area contributed by atoms with Crippen molar-refractivity contribution < 1.29 is 14.1 Å². The average molecular weight is 302 g/mol. The van der Waals surface area contributed by atoms with Crippen LogP contribution in [-0.4, -0.2) is 30.8 Å². The van der Waals surface area contributed by atoms with Gasteiger partial charge in [-0.25, -0.2) is 4.67 Å². The van der Waals surface area contributed by atoms with Gasteiger partial charge in [0.25, 0.3) is 6.65 Å². The minimum Gasteiger partial charge on any atom is -0.468 e. The molecule has 0 saturated carbocycles. The molecule has 0 spiro atoms. The highest BCUT2D eigenvalue weighted by Crippen LogP contribution is 2.56. The number of hydrogen-bond acceptors (Lipinski definition) is 3. The predicted molar refractivity (Wildman–Crippen MR) is 77.4 cm³/mol. The van der Waals surface area contributed by atoms with E-state index in [1.165, 1.54) is 18.8 Å². The van der Waals surface area contributed by atoms with Crippen molar-refractivity contribution in [2.45, 2.75) is 12.5 Å². The van der Waals surface area contributed by atoms with Crippen LogP contribution in [-0.2, 0) is 20.5 Å². The number of nitrogens with zero attached hydrogens (tertiary/aromatic N) is 1. The maximum absolute atomic E-state index is 12.1. The predicted octanol–water partition coefficient (Wildman–Crippen LogP) is 3.28. The Hall–Kier alpha value is -1.09. The molecule has 6 heteroatoms. The normalized spacial score (nSPS) is 15.6. The van der Waals surface area contributed by atoms with E-state index >= 15 is 0 Å². The molecule has 0 amide bonds. The van der Waals surface area contributed by atoms with Crippen LogP contribution in [0.2, 0.25) is 0 Å². The topological polar surface area (TPSA) is 46.6 Å². The summed E-state index contributed by atoms with van der Waals surface area (Å²) < 4.78 is 18.2. The monoisotopic (exact) mass is 301 g/mol. The second-order valence-corrected chi connectivity index (χ2v) is 7.57. The summed E-state index contributed by atoms with van der Waals surface area (Å²) in [7, 11) is 2.82. The van der Waals surface area contributed by atoms with Crippen LogP contribution in [0, 0.1) is 0 Å². The first-order valence-corrected chi connectivity index (χ1v) is 8.33. The number of carbonyl (C=O) groups is 1. The Kier molecular flexibility index (Phi) is 5.80. The molecule has 1 rings (SSSR count). The second-order valence-electron chi connectivity index (χ2n) is 4.03. The molecule has 0 saturated heterocycles. The van der Waals surface area contributed by atoms with Crippen LogP contribution in [0.15, 0.2) is 42.7 Å². The molecule has 1 aromatic carbocycles. The zero-order valence-corrected chi connectivity index (χ0v) is 12.6. The van der Waals surface area contributed by atoms with E-state index in [9.17, 15) is 9.36 Å². The van der Waals surface area contributed by atoms with E-state index in [2.05, 4.69) is 6.58 Å². The van der Waals surface area contributed by atoms with Gasteiger partial charge in [0.15, 0.2) is 0 Å². The minimum absolute atomic E-state index is 0.370. The van der Waals surface area contributed by atoms with Crippen LogP contribution in [0.5, 0.6) is 0 Å². The number of esters is 1. The Balaban J connectivity index is 2.99. The molecule has 0 heterocycles. The SMILES string of the molecule is C=CP(=O)(Cl)N(C)C(Cc1ccccc1)C(=O)OC. The lowest BCUT2D eigenvalue weighted by atomic mass is 10.1. The smallest absolute Gasteiger partial charge is 0.323 e. The molecule has 0 aliphatic heterocycles. The van der Waals surface area contributed by atoms with Gasteiger partial charge in [-0.3, -0.25) is 9.36 Å². The molecular formula is C13H17ClNO3P. The van der Waals surface area contributed by atoms with E-state index in [0.29, 0.717) is 6.42 Å². The molecule has 2 unspecified atom stereocenters. The number of carbonyl (C=O) groups excluding carboxylic acids is 1. The first-order chi connectivity index (χ1) is 8.92. The lowest BCUT2D eigenvalue weighted by Gasteiger charge is -2.27. The number of halogens is 1. The van der Waals surface area contributed by atoms with Gasteiger partial charge in [-0.2, -0.15) is 0 Å². The number of hydrogen-bond donors (Lipinski definition) is 0. The Morgan fingerprint density at radius 2 is 2.11 bits per heavy atom. The molecule has 104 valence electrons. The molecule has 0 bridgehead atoms. The van der Waals surface area contributed by atoms with E-state index in [4.69, 9.17) is 16.0 Å². The van der Waals surface area contributed by atoms with Crippen molar-refractivity contribution in [2.75, 3.05) is 14.2 Å². The van der Waals surface area contributed by atoms with Gasteiger partial charge in [0.05, 0.1) is 7.11 Å². The third-order valence-electron chi connectivity index (χ3n) is 2.85. The fourth-order valence-corrected chi connectivity index (χ4v) is 2.79. The molecule has 0 aliphatic carbocycles. The van der Waals surface area contributed by atoms with Gasteiger partial charge < -0.3 is 4.74 Å². The van der Waals surface area contributed by atoms with Crippen LogP contribution in [0.1, 0.15) is 5.56 Å². The van der Waals surface area contributed by atoms with Crippen molar-refractivity contribution in [1.29, 1.82) is 0 Å². The van der Waals surface area contributed by atoms with E-state index < -0.39 is 18.7 Å². The van der Waals surface area contributed by atoms with Gasteiger partial charge in [0.1, 0.15) is 6.04 Å². The summed E-state index contributed by atoms with van der Waals surface area (Å²) in [4.78, 5) is 11.8. The first-order valence-electron chi connectivity index (χ1n) is 5.70. The van der Waals surface area contributed by atoms with Gasteiger partial charge in [-0.05, 0) is 36.1 Å². The van der Waals surface area contributed by atoms with Crippen molar-refractivity contribution in [3.8, 4) is 0 Å². The van der Waals surface area contributed by atoms with Crippen LogP contribution in [0.4, 0.5) is 0 Å². The van der Waals surface area contributed by atoms with Crippen LogP contribution < -0.4 is 0 Å². The van der Waals surface area contributed by atoms with Crippen molar-refractivity contribution in [1.82, 2.24) is 4.67 Å². The number of benzene rings is 1. The molecular weight excluding hydrogens is 285 g/mol. The molecule has 1 aromatic rings. The van der Waals surface area contributed by atoms with Crippen LogP contribution in [0.3, 0.4) is 0 Å². The summed E-state index contributed by atoms with van der Waals surface area (Å²) >= 11 is 5.89. The summed E-state index contributed by atoms with van der Waals surface area (Å²) in [6, 6.07) is 8.69. The second kappa shape index (κ2) is 6.90. The van der Waals surface area contributed by atoms with Gasteiger partial charge in [-0.1, -0.05) is 36.9 Å². The molecule has 0 aliphatic rings. The first kappa shape index (κ1) is 16.0. The van der Waals surface area contributed by atoms with Gasteiger partial charge >= 0.3 is 5.97 Å². The number of ether oxygens (including phenoxy) is 1. The van der Waals surface area contributed by atoms with Gasteiger partial charge in [0, 0.05) is 0 Å². The summed E-state index contributed by atoms with van der Waals surface area (Å²) in [5.41, 5.74) is 0.936. The third-order valence-corrected chi connectivity index (χ3v) is 5.57. The Bertz CT molecular complexity index is 492. The van der Waals surface area contributed by atoms with E-state index in [1.807, 2.05) is 30.3 Å². The van der Waals surface area contributed by atoms with Crippen LogP contribution in [0.25, 0.3) is 0 Å². The van der Waals surface area contributed by atoms with Crippen molar-refractivity contribution in [2.24, 2.45) is 0 Å². The lowest BCUT2D eigenvalue weighted by Crippen LogP contribution is -2.38. The Morgan fingerprint density at radius 3 is 2.58 bits per heavy atom. The molecule has 0 fully saturated rings.